The van der Waals surface area contributed by atoms with Gasteiger partial charge in [0, 0.05) is 6.54 Å². The highest BCUT2D eigenvalue weighted by atomic mass is 16.5. The molecule has 1 amide bonds. The molecule has 2 heterocycles. The van der Waals surface area contributed by atoms with E-state index in [1.54, 1.807) is 23.1 Å². The van der Waals surface area contributed by atoms with Crippen molar-refractivity contribution < 1.29 is 18.7 Å². The van der Waals surface area contributed by atoms with Crippen molar-refractivity contribution in [3.05, 3.63) is 69.6 Å². The second kappa shape index (κ2) is 10.1. The van der Waals surface area contributed by atoms with Crippen LogP contribution in [0.5, 0.6) is 11.5 Å². The molecule has 0 spiro atoms. The fraction of sp³-hybridized carbons (Fsp3) is 0.407. The Balaban J connectivity index is 1.84. The first kappa shape index (κ1) is 22.9. The van der Waals surface area contributed by atoms with E-state index in [0.717, 1.165) is 31.2 Å². The van der Waals surface area contributed by atoms with Gasteiger partial charge in [0.25, 0.3) is 5.91 Å². The van der Waals surface area contributed by atoms with E-state index in [9.17, 15) is 9.59 Å². The quantitative estimate of drug-likeness (QED) is 0.371. The van der Waals surface area contributed by atoms with Crippen LogP contribution >= 0.6 is 0 Å². The number of unbranched alkanes of at least 4 members (excludes halogenated alkanes) is 2. The van der Waals surface area contributed by atoms with Gasteiger partial charge in [0.15, 0.2) is 16.9 Å². The maximum absolute atomic E-state index is 13.5. The maximum Gasteiger partial charge on any atom is 0.290 e. The lowest BCUT2D eigenvalue weighted by Crippen LogP contribution is -2.30. The van der Waals surface area contributed by atoms with E-state index in [2.05, 4.69) is 13.8 Å². The van der Waals surface area contributed by atoms with Gasteiger partial charge in [0.05, 0.1) is 30.2 Å². The molecule has 1 aliphatic heterocycles. The van der Waals surface area contributed by atoms with E-state index in [-0.39, 0.29) is 17.1 Å². The van der Waals surface area contributed by atoms with Gasteiger partial charge in [-0.1, -0.05) is 44.9 Å². The molecular formula is C27H31NO5. The van der Waals surface area contributed by atoms with Crippen LogP contribution < -0.4 is 14.9 Å². The lowest BCUT2D eigenvalue weighted by atomic mass is 9.98. The lowest BCUT2D eigenvalue weighted by molar-refractivity contribution is 0.0725. The molecule has 0 N–H and O–H groups in total. The van der Waals surface area contributed by atoms with Crippen molar-refractivity contribution in [3.63, 3.8) is 0 Å². The van der Waals surface area contributed by atoms with Crippen LogP contribution in [0.4, 0.5) is 0 Å². The van der Waals surface area contributed by atoms with E-state index in [4.69, 9.17) is 13.9 Å². The zero-order chi connectivity index (χ0) is 23.4. The van der Waals surface area contributed by atoms with E-state index in [1.165, 1.54) is 0 Å². The maximum atomic E-state index is 13.5. The molecule has 0 bridgehead atoms. The van der Waals surface area contributed by atoms with E-state index >= 15 is 0 Å². The van der Waals surface area contributed by atoms with Crippen LogP contribution in [0.1, 0.15) is 74.2 Å². The van der Waals surface area contributed by atoms with Crippen LogP contribution in [-0.2, 0) is 0 Å². The normalized spacial score (nSPS) is 15.2. The molecule has 0 saturated carbocycles. The molecule has 33 heavy (non-hydrogen) atoms. The monoisotopic (exact) mass is 449 g/mol. The molecule has 0 radical (unpaired) electrons. The first-order chi connectivity index (χ1) is 16.1. The van der Waals surface area contributed by atoms with Crippen LogP contribution in [0.2, 0.25) is 0 Å². The van der Waals surface area contributed by atoms with Gasteiger partial charge in [-0.05, 0) is 49.6 Å². The van der Waals surface area contributed by atoms with Crippen molar-refractivity contribution in [2.45, 2.75) is 52.5 Å². The summed E-state index contributed by atoms with van der Waals surface area (Å²) in [5.74, 6) is 1.19. The fourth-order valence-corrected chi connectivity index (χ4v) is 4.28. The summed E-state index contributed by atoms with van der Waals surface area (Å²) in [4.78, 5) is 28.6. The summed E-state index contributed by atoms with van der Waals surface area (Å²) >= 11 is 0. The highest BCUT2D eigenvalue weighted by Gasteiger charge is 2.42. The Morgan fingerprint density at radius 1 is 0.939 bits per heavy atom. The summed E-state index contributed by atoms with van der Waals surface area (Å²) < 4.78 is 17.8. The second-order valence-electron chi connectivity index (χ2n) is 8.27. The minimum Gasteiger partial charge on any atom is -0.490 e. The zero-order valence-electron chi connectivity index (χ0n) is 19.6. The summed E-state index contributed by atoms with van der Waals surface area (Å²) in [6.45, 7) is 7.75. The number of hydrogen-bond donors (Lipinski definition) is 0. The summed E-state index contributed by atoms with van der Waals surface area (Å²) in [5.41, 5.74) is 1.48. The molecule has 4 rings (SSSR count). The Morgan fingerprint density at radius 3 is 2.48 bits per heavy atom. The predicted octanol–water partition coefficient (Wildman–Crippen LogP) is 5.72. The average Bonchev–Trinajstić information content (AvgIpc) is 3.11. The van der Waals surface area contributed by atoms with Crippen molar-refractivity contribution in [2.24, 2.45) is 0 Å². The molecule has 0 aliphatic carbocycles. The summed E-state index contributed by atoms with van der Waals surface area (Å²) in [6, 6.07) is 12.2. The molecule has 0 unspecified atom stereocenters. The first-order valence-electron chi connectivity index (χ1n) is 11.9. The fourth-order valence-electron chi connectivity index (χ4n) is 4.28. The van der Waals surface area contributed by atoms with Gasteiger partial charge >= 0.3 is 0 Å². The molecule has 0 saturated heterocycles. The highest BCUT2D eigenvalue weighted by molar-refractivity contribution is 5.99. The summed E-state index contributed by atoms with van der Waals surface area (Å²) in [5, 5.41) is 0.482. The number of benzene rings is 2. The Hall–Kier alpha value is -3.28. The largest absolute Gasteiger partial charge is 0.490 e. The van der Waals surface area contributed by atoms with Crippen molar-refractivity contribution in [3.8, 4) is 11.5 Å². The van der Waals surface area contributed by atoms with Gasteiger partial charge in [-0.3, -0.25) is 9.59 Å². The number of para-hydroxylation sites is 1. The minimum absolute atomic E-state index is 0.140. The van der Waals surface area contributed by atoms with Crippen LogP contribution in [0.3, 0.4) is 0 Å². The standard InChI is InChI=1S/C27H31NO5/c1-4-7-15-28-24(18-13-14-21(32-16-8-5-2)22(17-18)31-6-3)23-25(29)19-11-9-10-12-20(19)33-26(23)27(28)30/h9-14,17,24H,4-8,15-16H2,1-3H3/t24-/m1/s1. The number of ether oxygens (including phenoxy) is 2. The SMILES string of the molecule is CCCCOc1ccc([C@@H]2c3c(oc4ccccc4c3=O)C(=O)N2CCCC)cc1OCC. The van der Waals surface area contributed by atoms with Gasteiger partial charge in [-0.2, -0.15) is 0 Å². The number of nitrogens with zero attached hydrogens (tertiary/aromatic N) is 1. The molecule has 6 heteroatoms. The third-order valence-electron chi connectivity index (χ3n) is 5.96. The van der Waals surface area contributed by atoms with E-state index in [1.807, 2.05) is 31.2 Å². The van der Waals surface area contributed by atoms with E-state index < -0.39 is 6.04 Å². The third-order valence-corrected chi connectivity index (χ3v) is 5.96. The highest BCUT2D eigenvalue weighted by Crippen LogP contribution is 2.41. The minimum atomic E-state index is -0.524. The van der Waals surface area contributed by atoms with Crippen molar-refractivity contribution in [1.82, 2.24) is 4.90 Å². The second-order valence-corrected chi connectivity index (χ2v) is 8.27. The molecule has 1 aromatic heterocycles. The number of hydrogen-bond acceptors (Lipinski definition) is 5. The Kier molecular flexibility index (Phi) is 7.02. The van der Waals surface area contributed by atoms with Gasteiger partial charge in [-0.15, -0.1) is 0 Å². The molecular weight excluding hydrogens is 418 g/mol. The predicted molar refractivity (Wildman–Crippen MR) is 128 cm³/mol. The van der Waals surface area contributed by atoms with Crippen molar-refractivity contribution in [2.75, 3.05) is 19.8 Å². The van der Waals surface area contributed by atoms with Crippen LogP contribution in [0, 0.1) is 0 Å². The zero-order valence-corrected chi connectivity index (χ0v) is 19.6. The number of carbonyl (C=O) groups is 1. The molecule has 1 atom stereocenters. The van der Waals surface area contributed by atoms with E-state index in [0.29, 0.717) is 47.8 Å². The molecule has 174 valence electrons. The Morgan fingerprint density at radius 2 is 1.73 bits per heavy atom. The van der Waals surface area contributed by atoms with Crippen LogP contribution in [0.25, 0.3) is 11.0 Å². The lowest BCUT2D eigenvalue weighted by Gasteiger charge is -2.25. The molecule has 6 nitrogen and oxygen atoms in total. The number of fused-ring (bicyclic) bond motifs is 2. The smallest absolute Gasteiger partial charge is 0.290 e. The summed E-state index contributed by atoms with van der Waals surface area (Å²) in [6.07, 6.45) is 3.76. The van der Waals surface area contributed by atoms with Gasteiger partial charge in [-0.25, -0.2) is 0 Å². The average molecular weight is 450 g/mol. The summed E-state index contributed by atoms with van der Waals surface area (Å²) in [7, 11) is 0. The topological polar surface area (TPSA) is 69.0 Å². The molecule has 1 aliphatic rings. The van der Waals surface area contributed by atoms with Crippen LogP contribution in [0.15, 0.2) is 51.7 Å². The number of rotatable bonds is 10. The Labute approximate surface area is 194 Å². The van der Waals surface area contributed by atoms with Gasteiger partial charge in [0.1, 0.15) is 5.58 Å². The van der Waals surface area contributed by atoms with Crippen molar-refractivity contribution >= 4 is 16.9 Å². The number of carbonyl (C=O) groups excluding carboxylic acids is 1. The molecule has 0 fully saturated rings. The van der Waals surface area contributed by atoms with Crippen molar-refractivity contribution in [1.29, 1.82) is 0 Å². The van der Waals surface area contributed by atoms with Crippen LogP contribution in [-0.4, -0.2) is 30.6 Å². The molecule has 2 aromatic carbocycles. The van der Waals surface area contributed by atoms with Gasteiger partial charge in [0.2, 0.25) is 5.76 Å². The third kappa shape index (κ3) is 4.34. The Bertz CT molecular complexity index is 1200. The molecule has 3 aromatic rings. The van der Waals surface area contributed by atoms with Gasteiger partial charge < -0.3 is 18.8 Å². The first-order valence-corrected chi connectivity index (χ1v) is 11.9. The number of amides is 1.